The fraction of sp³-hybridized carbons (Fsp3) is 0.318. The summed E-state index contributed by atoms with van der Waals surface area (Å²) in [4.78, 5) is 38.2. The Morgan fingerprint density at radius 3 is 2.32 bits per heavy atom. The van der Waals surface area contributed by atoms with E-state index in [0.29, 0.717) is 28.9 Å². The lowest BCUT2D eigenvalue weighted by atomic mass is 9.81. The monoisotopic (exact) mass is 400 g/mol. The van der Waals surface area contributed by atoms with Crippen LogP contribution in [0.25, 0.3) is 17.2 Å². The van der Waals surface area contributed by atoms with Crippen LogP contribution in [0.15, 0.2) is 41.2 Å². The third-order valence-corrected chi connectivity index (χ3v) is 4.84. The normalized spacial score (nSPS) is 15.3. The van der Waals surface area contributed by atoms with Crippen LogP contribution >= 0.6 is 12.4 Å². The van der Waals surface area contributed by atoms with Crippen LogP contribution in [0.3, 0.4) is 0 Å². The van der Waals surface area contributed by atoms with Gasteiger partial charge in [0.05, 0.1) is 11.5 Å². The Morgan fingerprint density at radius 1 is 1.14 bits per heavy atom. The number of carbonyl (C=O) groups excluding carboxylic acids is 2. The summed E-state index contributed by atoms with van der Waals surface area (Å²) in [5, 5.41) is 0. The van der Waals surface area contributed by atoms with Crippen molar-refractivity contribution in [3.63, 3.8) is 0 Å². The SMILES string of the molecule is CC(=O)C1C=Cc2c(c(-c3ccccc3)c(CN)n(CC(C)C)c2=O)C1=O.Cl. The molecule has 2 N–H and O–H groups in total. The van der Waals surface area contributed by atoms with E-state index < -0.39 is 5.92 Å². The smallest absolute Gasteiger partial charge is 0.258 e. The van der Waals surface area contributed by atoms with Gasteiger partial charge in [0, 0.05) is 29.9 Å². The first-order valence-corrected chi connectivity index (χ1v) is 9.14. The maximum atomic E-state index is 13.2. The summed E-state index contributed by atoms with van der Waals surface area (Å²) in [6.07, 6.45) is 3.15. The fourth-order valence-corrected chi connectivity index (χ4v) is 3.64. The minimum Gasteiger partial charge on any atom is -0.325 e. The van der Waals surface area contributed by atoms with Crippen LogP contribution in [-0.2, 0) is 17.9 Å². The second kappa shape index (κ2) is 8.67. The number of nitrogens with two attached hydrogens (primary N) is 1. The van der Waals surface area contributed by atoms with Gasteiger partial charge in [0.2, 0.25) is 0 Å². The van der Waals surface area contributed by atoms with Crippen molar-refractivity contribution >= 4 is 30.0 Å². The van der Waals surface area contributed by atoms with Crippen LogP contribution in [-0.4, -0.2) is 16.1 Å². The molecule has 1 aromatic carbocycles. The molecule has 1 atom stereocenters. The first-order valence-electron chi connectivity index (χ1n) is 9.14. The van der Waals surface area contributed by atoms with Gasteiger partial charge in [-0.2, -0.15) is 0 Å². The van der Waals surface area contributed by atoms with E-state index in [1.54, 1.807) is 10.6 Å². The van der Waals surface area contributed by atoms with Crippen molar-refractivity contribution in [3.8, 4) is 11.1 Å². The second-order valence-corrected chi connectivity index (χ2v) is 7.30. The van der Waals surface area contributed by atoms with Gasteiger partial charge in [-0.1, -0.05) is 56.3 Å². The van der Waals surface area contributed by atoms with E-state index in [2.05, 4.69) is 0 Å². The van der Waals surface area contributed by atoms with Crippen LogP contribution in [0.4, 0.5) is 0 Å². The molecule has 6 heteroatoms. The van der Waals surface area contributed by atoms with Crippen LogP contribution in [0.5, 0.6) is 0 Å². The standard InChI is InChI=1S/C22H24N2O3.ClH/c1-13(2)12-24-18(11-23)19(15-7-5-4-6-8-15)20-17(22(24)27)10-9-16(14(3)25)21(20)26;/h4-10,13,16H,11-12,23H2,1-3H3;1H. The summed E-state index contributed by atoms with van der Waals surface area (Å²) < 4.78 is 1.68. The van der Waals surface area contributed by atoms with Gasteiger partial charge in [-0.3, -0.25) is 14.4 Å². The van der Waals surface area contributed by atoms with E-state index >= 15 is 0 Å². The first kappa shape index (κ1) is 21.8. The molecule has 1 aliphatic carbocycles. The molecule has 3 rings (SSSR count). The number of carbonyl (C=O) groups is 2. The molecule has 0 fully saturated rings. The number of aromatic nitrogens is 1. The van der Waals surface area contributed by atoms with E-state index in [9.17, 15) is 14.4 Å². The molecule has 0 saturated heterocycles. The summed E-state index contributed by atoms with van der Waals surface area (Å²) >= 11 is 0. The first-order chi connectivity index (χ1) is 12.9. The number of pyridine rings is 1. The highest BCUT2D eigenvalue weighted by Gasteiger charge is 2.33. The van der Waals surface area contributed by atoms with Crippen LogP contribution in [0.1, 0.15) is 42.4 Å². The molecule has 2 aromatic rings. The number of ketones is 2. The molecule has 0 amide bonds. The largest absolute Gasteiger partial charge is 0.325 e. The number of benzene rings is 1. The Balaban J connectivity index is 0.00000280. The van der Waals surface area contributed by atoms with Crippen LogP contribution in [0, 0.1) is 11.8 Å². The maximum Gasteiger partial charge on any atom is 0.258 e. The highest BCUT2D eigenvalue weighted by Crippen LogP contribution is 2.34. The van der Waals surface area contributed by atoms with Crippen molar-refractivity contribution in [2.24, 2.45) is 17.6 Å². The average Bonchev–Trinajstić information content (AvgIpc) is 2.64. The molecular weight excluding hydrogens is 376 g/mol. The molecule has 0 bridgehead atoms. The van der Waals surface area contributed by atoms with Crippen LogP contribution < -0.4 is 11.3 Å². The molecule has 148 valence electrons. The lowest BCUT2D eigenvalue weighted by Crippen LogP contribution is -2.35. The molecule has 1 heterocycles. The molecule has 1 unspecified atom stereocenters. The maximum absolute atomic E-state index is 13.2. The zero-order valence-corrected chi connectivity index (χ0v) is 17.1. The van der Waals surface area contributed by atoms with E-state index in [1.165, 1.54) is 13.0 Å². The third-order valence-electron chi connectivity index (χ3n) is 4.84. The number of hydrogen-bond donors (Lipinski definition) is 1. The molecule has 28 heavy (non-hydrogen) atoms. The van der Waals surface area contributed by atoms with E-state index in [0.717, 1.165) is 5.56 Å². The molecule has 0 saturated carbocycles. The third kappa shape index (κ3) is 3.73. The van der Waals surface area contributed by atoms with Crippen molar-refractivity contribution in [3.05, 3.63) is 63.6 Å². The van der Waals surface area contributed by atoms with Crippen molar-refractivity contribution in [2.75, 3.05) is 0 Å². The lowest BCUT2D eigenvalue weighted by Gasteiger charge is -2.25. The lowest BCUT2D eigenvalue weighted by molar-refractivity contribution is -0.118. The number of Topliss-reactive ketones (excluding diaryl/α,β-unsaturated/α-hetero) is 2. The quantitative estimate of drug-likeness (QED) is 0.779. The molecule has 5 nitrogen and oxygen atoms in total. The highest BCUT2D eigenvalue weighted by molar-refractivity contribution is 6.18. The predicted molar refractivity (Wildman–Crippen MR) is 114 cm³/mol. The van der Waals surface area contributed by atoms with Gasteiger partial charge in [-0.05, 0) is 18.4 Å². The Bertz CT molecular complexity index is 991. The predicted octanol–water partition coefficient (Wildman–Crippen LogP) is 3.47. The van der Waals surface area contributed by atoms with E-state index in [1.807, 2.05) is 44.2 Å². The van der Waals surface area contributed by atoms with Gasteiger partial charge < -0.3 is 10.3 Å². The number of fused-ring (bicyclic) bond motifs is 1. The Labute approximate surface area is 170 Å². The zero-order chi connectivity index (χ0) is 19.7. The molecule has 1 aliphatic rings. The molecule has 0 aliphatic heterocycles. The second-order valence-electron chi connectivity index (χ2n) is 7.30. The summed E-state index contributed by atoms with van der Waals surface area (Å²) in [7, 11) is 0. The van der Waals surface area contributed by atoms with Gasteiger partial charge in [0.25, 0.3) is 5.56 Å². The summed E-state index contributed by atoms with van der Waals surface area (Å²) in [5.41, 5.74) is 8.58. The van der Waals surface area contributed by atoms with Crippen molar-refractivity contribution < 1.29 is 9.59 Å². The van der Waals surface area contributed by atoms with E-state index in [4.69, 9.17) is 5.73 Å². The van der Waals surface area contributed by atoms with Gasteiger partial charge >= 0.3 is 0 Å². The minimum absolute atomic E-state index is 0. The van der Waals surface area contributed by atoms with E-state index in [-0.39, 0.29) is 42.0 Å². The number of allylic oxidation sites excluding steroid dienone is 1. The van der Waals surface area contributed by atoms with Gasteiger partial charge in [-0.15, -0.1) is 12.4 Å². The van der Waals surface area contributed by atoms with Crippen molar-refractivity contribution in [2.45, 2.75) is 33.9 Å². The summed E-state index contributed by atoms with van der Waals surface area (Å²) in [6, 6.07) is 9.44. The Kier molecular flexibility index (Phi) is 6.75. The number of hydrogen-bond acceptors (Lipinski definition) is 4. The summed E-state index contributed by atoms with van der Waals surface area (Å²) in [6.45, 7) is 6.09. The van der Waals surface area contributed by atoms with Crippen molar-refractivity contribution in [1.29, 1.82) is 0 Å². The number of nitrogens with zero attached hydrogens (tertiary/aromatic N) is 1. The molecular formula is C22H25ClN2O3. The topological polar surface area (TPSA) is 82.2 Å². The molecule has 0 radical (unpaired) electrons. The molecule has 0 spiro atoms. The minimum atomic E-state index is -0.856. The van der Waals surface area contributed by atoms with Gasteiger partial charge in [0.15, 0.2) is 5.78 Å². The van der Waals surface area contributed by atoms with Gasteiger partial charge in [-0.25, -0.2) is 0 Å². The fourth-order valence-electron chi connectivity index (χ4n) is 3.64. The van der Waals surface area contributed by atoms with Crippen molar-refractivity contribution in [1.82, 2.24) is 4.57 Å². The highest BCUT2D eigenvalue weighted by atomic mass is 35.5. The Morgan fingerprint density at radius 2 is 1.79 bits per heavy atom. The van der Waals surface area contributed by atoms with Gasteiger partial charge in [0.1, 0.15) is 5.78 Å². The molecule has 1 aromatic heterocycles. The van der Waals surface area contributed by atoms with Crippen LogP contribution in [0.2, 0.25) is 0 Å². The number of rotatable bonds is 5. The zero-order valence-electron chi connectivity index (χ0n) is 16.3. The Hall–Kier alpha value is -2.50. The summed E-state index contributed by atoms with van der Waals surface area (Å²) in [5.74, 6) is -1.18. The number of halogens is 1. The average molecular weight is 401 g/mol.